The molecule has 0 spiro atoms. The van der Waals surface area contributed by atoms with Crippen LogP contribution in [0.2, 0.25) is 0 Å². The zero-order valence-electron chi connectivity index (χ0n) is 34.6. The smallest absolute Gasteiger partial charge is 0.305 e. The Morgan fingerprint density at radius 1 is 0.558 bits per heavy atom. The van der Waals surface area contributed by atoms with Gasteiger partial charge >= 0.3 is 11.9 Å². The van der Waals surface area contributed by atoms with Gasteiger partial charge in [0.15, 0.2) is 0 Å². The molecule has 1 heterocycles. The van der Waals surface area contributed by atoms with Gasteiger partial charge in [0, 0.05) is 38.7 Å². The quantitative estimate of drug-likeness (QED) is 0.0276. The molecule has 0 aromatic heterocycles. The number of quaternary nitrogens is 1. The third-order valence-electron chi connectivity index (χ3n) is 10.4. The molecule has 0 saturated carbocycles. The molecule has 1 aliphatic heterocycles. The van der Waals surface area contributed by atoms with Crippen LogP contribution < -0.4 is 0 Å². The van der Waals surface area contributed by atoms with Crippen molar-refractivity contribution in [2.24, 2.45) is 0 Å². The second kappa shape index (κ2) is 35.5. The van der Waals surface area contributed by atoms with E-state index >= 15 is 0 Å². The van der Waals surface area contributed by atoms with Crippen molar-refractivity contribution in [1.82, 2.24) is 4.90 Å². The van der Waals surface area contributed by atoms with E-state index in [0.29, 0.717) is 32.3 Å². The molecule has 0 N–H and O–H groups in total. The fourth-order valence-electron chi connectivity index (χ4n) is 6.82. The highest BCUT2D eigenvalue weighted by molar-refractivity contribution is 7.84. The molecule has 1 saturated heterocycles. The Morgan fingerprint density at radius 2 is 0.846 bits per heavy atom. The summed E-state index contributed by atoms with van der Waals surface area (Å²) in [5, 5.41) is 0. The molecule has 0 amide bonds. The highest BCUT2D eigenvalue weighted by atomic mass is 32.2. The fraction of sp³-hybridized carbons (Fsp3) is 0.952. The van der Waals surface area contributed by atoms with Crippen LogP contribution in [-0.2, 0) is 29.2 Å². The van der Waals surface area contributed by atoms with E-state index in [-0.39, 0.29) is 11.9 Å². The number of hydrogen-bond donors (Lipinski definition) is 0. The maximum absolute atomic E-state index is 12.2. The van der Waals surface area contributed by atoms with E-state index in [9.17, 15) is 9.59 Å². The SMILES string of the molecule is CCCCCCCCCCCCCCCC(=O)OCCN1CC[N+](C)(CCOC(=O)CCCCCCCCCCCCCCC)CC1.CS(=O)(=O)[O-]. The summed E-state index contributed by atoms with van der Waals surface area (Å²) in [6, 6.07) is 0. The first kappa shape index (κ1) is 50.8. The van der Waals surface area contributed by atoms with Gasteiger partial charge in [0.1, 0.15) is 19.8 Å². The van der Waals surface area contributed by atoms with E-state index < -0.39 is 10.1 Å². The highest BCUT2D eigenvalue weighted by Gasteiger charge is 2.28. The Bertz CT molecular complexity index is 915. The lowest BCUT2D eigenvalue weighted by molar-refractivity contribution is -0.913. The summed E-state index contributed by atoms with van der Waals surface area (Å²) in [5.41, 5.74) is 0. The number of nitrogens with zero attached hydrogens (tertiary/aromatic N) is 2. The van der Waals surface area contributed by atoms with Gasteiger partial charge in [-0.05, 0) is 12.8 Å². The molecule has 10 heteroatoms. The van der Waals surface area contributed by atoms with Crippen LogP contribution in [0.1, 0.15) is 194 Å². The molecule has 1 aliphatic rings. The van der Waals surface area contributed by atoms with Gasteiger partial charge in [-0.25, -0.2) is 8.42 Å². The molecule has 1 rings (SSSR count). The molecule has 0 aliphatic carbocycles. The summed E-state index contributed by atoms with van der Waals surface area (Å²) < 4.78 is 39.3. The Labute approximate surface area is 322 Å². The van der Waals surface area contributed by atoms with E-state index in [1.54, 1.807) is 0 Å². The summed E-state index contributed by atoms with van der Waals surface area (Å²) in [7, 11) is -1.65. The van der Waals surface area contributed by atoms with E-state index in [4.69, 9.17) is 22.4 Å². The van der Waals surface area contributed by atoms with Crippen LogP contribution in [0.5, 0.6) is 0 Å². The van der Waals surface area contributed by atoms with Crippen LogP contribution in [0.3, 0.4) is 0 Å². The van der Waals surface area contributed by atoms with Gasteiger partial charge in [-0.2, -0.15) is 0 Å². The lowest BCUT2D eigenvalue weighted by atomic mass is 10.0. The fourth-order valence-corrected chi connectivity index (χ4v) is 6.82. The number of likely N-dealkylation sites (N-methyl/N-ethyl adjacent to an activating group) is 1. The van der Waals surface area contributed by atoms with Gasteiger partial charge in [0.05, 0.1) is 30.3 Å². The van der Waals surface area contributed by atoms with Gasteiger partial charge < -0.3 is 18.5 Å². The van der Waals surface area contributed by atoms with E-state index in [1.807, 2.05) is 0 Å². The Kier molecular flexibility index (Phi) is 34.6. The van der Waals surface area contributed by atoms with Gasteiger partial charge in [0.2, 0.25) is 0 Å². The standard InChI is InChI=1S/C41H81N2O4.CH4O3S/c1-4-6-8-10-12-14-16-18-20-22-24-26-28-30-40(44)46-38-34-42-32-35-43(3,36-33-42)37-39-47-41(45)31-29-27-25-23-21-19-17-15-13-11-9-7-5-2;1-5(2,3)4/h4-39H2,1-3H3;1H3,(H,2,3,4)/q+1;/p-1. The molecule has 0 bridgehead atoms. The number of rotatable bonds is 34. The normalized spacial score (nSPS) is 14.5. The number of piperazine rings is 1. The summed E-state index contributed by atoms with van der Waals surface area (Å²) in [6.45, 7) is 11.4. The van der Waals surface area contributed by atoms with Gasteiger partial charge in [-0.15, -0.1) is 0 Å². The molecule has 0 aromatic carbocycles. The topological polar surface area (TPSA) is 113 Å². The van der Waals surface area contributed by atoms with E-state index in [0.717, 1.165) is 69.4 Å². The van der Waals surface area contributed by atoms with Crippen LogP contribution in [0.15, 0.2) is 0 Å². The van der Waals surface area contributed by atoms with Crippen LogP contribution in [0, 0.1) is 0 Å². The zero-order chi connectivity index (χ0) is 38.6. The maximum Gasteiger partial charge on any atom is 0.305 e. The third-order valence-corrected chi connectivity index (χ3v) is 10.4. The van der Waals surface area contributed by atoms with E-state index in [2.05, 4.69) is 25.8 Å². The van der Waals surface area contributed by atoms with Crippen molar-refractivity contribution in [3.8, 4) is 0 Å². The molecular formula is C42H84N2O7S. The summed E-state index contributed by atoms with van der Waals surface area (Å²) in [4.78, 5) is 26.8. The molecule has 52 heavy (non-hydrogen) atoms. The second-order valence-corrected chi connectivity index (χ2v) is 17.2. The van der Waals surface area contributed by atoms with Crippen LogP contribution in [0.25, 0.3) is 0 Å². The lowest BCUT2D eigenvalue weighted by Crippen LogP contribution is -2.58. The van der Waals surface area contributed by atoms with Crippen LogP contribution in [-0.4, -0.2) is 100 Å². The molecule has 0 unspecified atom stereocenters. The Balaban J connectivity index is 0.00000484. The van der Waals surface area contributed by atoms with Crippen molar-refractivity contribution in [2.75, 3.05) is 65.8 Å². The average Bonchev–Trinajstić information content (AvgIpc) is 3.09. The zero-order valence-corrected chi connectivity index (χ0v) is 35.4. The Morgan fingerprint density at radius 3 is 1.17 bits per heavy atom. The lowest BCUT2D eigenvalue weighted by Gasteiger charge is -2.41. The average molecular weight is 761 g/mol. The molecule has 0 radical (unpaired) electrons. The minimum Gasteiger partial charge on any atom is -0.748 e. The summed E-state index contributed by atoms with van der Waals surface area (Å²) in [5.74, 6) is -0.0646. The molecule has 0 atom stereocenters. The summed E-state index contributed by atoms with van der Waals surface area (Å²) in [6.07, 6.45) is 36.0. The first-order chi connectivity index (χ1) is 25.0. The maximum atomic E-state index is 12.2. The number of carbonyl (C=O) groups is 2. The van der Waals surface area contributed by atoms with Gasteiger partial charge in [-0.1, -0.05) is 168 Å². The minimum absolute atomic E-state index is 0.0288. The number of ether oxygens (including phenoxy) is 2. The second-order valence-electron chi connectivity index (χ2n) is 15.8. The molecule has 1 fully saturated rings. The van der Waals surface area contributed by atoms with Crippen molar-refractivity contribution in [3.05, 3.63) is 0 Å². The Hall–Kier alpha value is -1.23. The van der Waals surface area contributed by atoms with Gasteiger partial charge in [-0.3, -0.25) is 14.5 Å². The minimum atomic E-state index is -3.92. The van der Waals surface area contributed by atoms with Crippen LogP contribution in [0.4, 0.5) is 0 Å². The largest absolute Gasteiger partial charge is 0.748 e. The highest BCUT2D eigenvalue weighted by Crippen LogP contribution is 2.15. The number of hydrogen-bond acceptors (Lipinski definition) is 8. The van der Waals surface area contributed by atoms with Crippen molar-refractivity contribution in [2.45, 2.75) is 194 Å². The predicted molar refractivity (Wildman–Crippen MR) is 215 cm³/mol. The molecular weight excluding hydrogens is 677 g/mol. The predicted octanol–water partition coefficient (Wildman–Crippen LogP) is 9.96. The third kappa shape index (κ3) is 38.5. The number of carbonyl (C=O) groups excluding carboxylic acids is 2. The first-order valence-corrected chi connectivity index (χ1v) is 23.6. The van der Waals surface area contributed by atoms with Crippen molar-refractivity contribution >= 4 is 22.1 Å². The number of esters is 2. The molecule has 0 aromatic rings. The molecule has 310 valence electrons. The van der Waals surface area contributed by atoms with Crippen molar-refractivity contribution in [1.29, 1.82) is 0 Å². The van der Waals surface area contributed by atoms with E-state index in [1.165, 1.54) is 141 Å². The summed E-state index contributed by atoms with van der Waals surface area (Å²) >= 11 is 0. The van der Waals surface area contributed by atoms with Crippen molar-refractivity contribution in [3.63, 3.8) is 0 Å². The monoisotopic (exact) mass is 761 g/mol. The van der Waals surface area contributed by atoms with Gasteiger partial charge in [0.25, 0.3) is 0 Å². The van der Waals surface area contributed by atoms with Crippen molar-refractivity contribution < 1.29 is 36.5 Å². The number of unbranched alkanes of at least 4 members (excludes halogenated alkanes) is 24. The first-order valence-electron chi connectivity index (χ1n) is 21.8. The molecule has 9 nitrogen and oxygen atoms in total. The van der Waals surface area contributed by atoms with Crippen LogP contribution >= 0.6 is 0 Å².